The second-order valence-electron chi connectivity index (χ2n) is 3.23. The Balaban J connectivity index is 2.09. The lowest BCUT2D eigenvalue weighted by molar-refractivity contribution is 0.112. The molecule has 2 N–H and O–H groups in total. The molecule has 0 saturated carbocycles. The molecule has 1 rings (SSSR count). The van der Waals surface area contributed by atoms with E-state index in [4.69, 9.17) is 5.90 Å². The molecule has 1 aliphatic rings. The summed E-state index contributed by atoms with van der Waals surface area (Å²) in [7, 11) is 0. The van der Waals surface area contributed by atoms with E-state index in [0.29, 0.717) is 6.61 Å². The van der Waals surface area contributed by atoms with Crippen LogP contribution in [0.25, 0.3) is 0 Å². The second kappa shape index (κ2) is 4.70. The number of hydrogen-bond donors (Lipinski definition) is 1. The summed E-state index contributed by atoms with van der Waals surface area (Å²) in [6, 6.07) is 0. The normalized spacial score (nSPS) is 26.2. The van der Waals surface area contributed by atoms with E-state index >= 15 is 0 Å². The highest BCUT2D eigenvalue weighted by Gasteiger charge is 2.19. The molecule has 1 aliphatic heterocycles. The van der Waals surface area contributed by atoms with Gasteiger partial charge in [0.2, 0.25) is 0 Å². The van der Waals surface area contributed by atoms with Gasteiger partial charge in [0.25, 0.3) is 0 Å². The van der Waals surface area contributed by atoms with Crippen LogP contribution in [-0.2, 0) is 4.84 Å². The topological polar surface area (TPSA) is 38.5 Å². The minimum Gasteiger partial charge on any atom is -0.303 e. The van der Waals surface area contributed by atoms with E-state index < -0.39 is 0 Å². The number of nitrogens with two attached hydrogens (primary N) is 1. The van der Waals surface area contributed by atoms with E-state index in [0.717, 1.165) is 12.5 Å². The van der Waals surface area contributed by atoms with Crippen LogP contribution in [0.2, 0.25) is 0 Å². The predicted octanol–water partition coefficient (Wildman–Crippen LogP) is 0.609. The zero-order chi connectivity index (χ0) is 8.10. The molecule has 0 aromatic carbocycles. The number of nitrogens with zero attached hydrogens (tertiary/aromatic N) is 1. The Morgan fingerprint density at radius 2 is 2.45 bits per heavy atom. The first-order valence-electron chi connectivity index (χ1n) is 4.40. The van der Waals surface area contributed by atoms with E-state index in [1.165, 1.54) is 25.9 Å². The third-order valence-corrected chi connectivity index (χ3v) is 2.47. The van der Waals surface area contributed by atoms with Crippen molar-refractivity contribution in [1.29, 1.82) is 0 Å². The zero-order valence-electron chi connectivity index (χ0n) is 7.25. The van der Waals surface area contributed by atoms with E-state index in [1.807, 2.05) is 0 Å². The molecule has 0 aromatic heterocycles. The largest absolute Gasteiger partial charge is 0.303 e. The zero-order valence-corrected chi connectivity index (χ0v) is 7.25. The Hall–Kier alpha value is -0.120. The van der Waals surface area contributed by atoms with Crippen LogP contribution in [0.1, 0.15) is 19.8 Å². The van der Waals surface area contributed by atoms with Crippen LogP contribution < -0.4 is 5.90 Å². The molecule has 0 bridgehead atoms. The summed E-state index contributed by atoms with van der Waals surface area (Å²) < 4.78 is 0. The standard InChI is InChI=1S/C8H18N2O/c1-2-8-3-4-10(7-8)5-6-11-9/h8H,2-7,9H2,1H3. The molecule has 3 nitrogen and oxygen atoms in total. The first-order valence-corrected chi connectivity index (χ1v) is 4.40. The van der Waals surface area contributed by atoms with Gasteiger partial charge in [0.1, 0.15) is 0 Å². The van der Waals surface area contributed by atoms with Crippen molar-refractivity contribution < 1.29 is 4.84 Å². The summed E-state index contributed by atoms with van der Waals surface area (Å²) in [6.07, 6.45) is 2.65. The van der Waals surface area contributed by atoms with Gasteiger partial charge in [-0.05, 0) is 18.9 Å². The fraction of sp³-hybridized carbons (Fsp3) is 1.00. The van der Waals surface area contributed by atoms with Gasteiger partial charge >= 0.3 is 0 Å². The van der Waals surface area contributed by atoms with Crippen molar-refractivity contribution in [3.05, 3.63) is 0 Å². The van der Waals surface area contributed by atoms with Crippen molar-refractivity contribution in [1.82, 2.24) is 4.90 Å². The maximum Gasteiger partial charge on any atom is 0.0806 e. The van der Waals surface area contributed by atoms with Crippen LogP contribution in [-0.4, -0.2) is 31.1 Å². The van der Waals surface area contributed by atoms with Gasteiger partial charge in [-0.15, -0.1) is 0 Å². The highest BCUT2D eigenvalue weighted by Crippen LogP contribution is 2.17. The fourth-order valence-electron chi connectivity index (χ4n) is 1.63. The molecule has 0 aliphatic carbocycles. The average Bonchev–Trinajstić information content (AvgIpc) is 2.48. The third-order valence-electron chi connectivity index (χ3n) is 2.47. The Kier molecular flexibility index (Phi) is 3.83. The molecule has 0 aromatic rings. The third kappa shape index (κ3) is 2.77. The van der Waals surface area contributed by atoms with Crippen molar-refractivity contribution in [2.24, 2.45) is 11.8 Å². The predicted molar refractivity (Wildman–Crippen MR) is 45.0 cm³/mol. The van der Waals surface area contributed by atoms with Gasteiger partial charge < -0.3 is 9.74 Å². The van der Waals surface area contributed by atoms with Crippen LogP contribution >= 0.6 is 0 Å². The summed E-state index contributed by atoms with van der Waals surface area (Å²) >= 11 is 0. The van der Waals surface area contributed by atoms with Gasteiger partial charge in [0, 0.05) is 13.1 Å². The highest BCUT2D eigenvalue weighted by atomic mass is 16.6. The van der Waals surface area contributed by atoms with E-state index in [2.05, 4.69) is 16.7 Å². The number of hydrogen-bond acceptors (Lipinski definition) is 3. The Morgan fingerprint density at radius 1 is 1.64 bits per heavy atom. The SMILES string of the molecule is CCC1CCN(CCON)C1. The maximum atomic E-state index is 4.95. The molecule has 0 radical (unpaired) electrons. The lowest BCUT2D eigenvalue weighted by Crippen LogP contribution is -2.26. The van der Waals surface area contributed by atoms with Crippen molar-refractivity contribution in [2.75, 3.05) is 26.2 Å². The first kappa shape index (κ1) is 8.97. The van der Waals surface area contributed by atoms with E-state index in [9.17, 15) is 0 Å². The minimum absolute atomic E-state index is 0.663. The van der Waals surface area contributed by atoms with Crippen molar-refractivity contribution in [3.63, 3.8) is 0 Å². The van der Waals surface area contributed by atoms with Crippen LogP contribution in [0.3, 0.4) is 0 Å². The van der Waals surface area contributed by atoms with Gasteiger partial charge in [-0.2, -0.15) is 0 Å². The molecule has 1 heterocycles. The Bertz CT molecular complexity index is 108. The highest BCUT2D eigenvalue weighted by molar-refractivity contribution is 4.73. The summed E-state index contributed by atoms with van der Waals surface area (Å²) in [5, 5.41) is 0. The molecule has 0 amide bonds. The van der Waals surface area contributed by atoms with E-state index in [-0.39, 0.29) is 0 Å². The first-order chi connectivity index (χ1) is 5.36. The molecule has 1 saturated heterocycles. The molecular weight excluding hydrogens is 140 g/mol. The molecule has 0 spiro atoms. The van der Waals surface area contributed by atoms with E-state index in [1.54, 1.807) is 0 Å². The molecule has 11 heavy (non-hydrogen) atoms. The summed E-state index contributed by atoms with van der Waals surface area (Å²) in [5.74, 6) is 5.86. The number of rotatable bonds is 4. The molecule has 1 unspecified atom stereocenters. The number of likely N-dealkylation sites (tertiary alicyclic amines) is 1. The van der Waals surface area contributed by atoms with Crippen molar-refractivity contribution in [2.45, 2.75) is 19.8 Å². The van der Waals surface area contributed by atoms with Gasteiger partial charge in [-0.1, -0.05) is 13.3 Å². The molecule has 66 valence electrons. The summed E-state index contributed by atoms with van der Waals surface area (Å²) in [5.41, 5.74) is 0. The van der Waals surface area contributed by atoms with Gasteiger partial charge in [-0.25, -0.2) is 5.90 Å². The molecule has 1 fully saturated rings. The minimum atomic E-state index is 0.663. The summed E-state index contributed by atoms with van der Waals surface area (Å²) in [6.45, 7) is 6.37. The van der Waals surface area contributed by atoms with Gasteiger partial charge in [0.15, 0.2) is 0 Å². The lowest BCUT2D eigenvalue weighted by Gasteiger charge is -2.13. The lowest BCUT2D eigenvalue weighted by atomic mass is 10.1. The molecule has 3 heteroatoms. The van der Waals surface area contributed by atoms with Crippen molar-refractivity contribution >= 4 is 0 Å². The Morgan fingerprint density at radius 3 is 3.00 bits per heavy atom. The maximum absolute atomic E-state index is 4.95. The second-order valence-corrected chi connectivity index (χ2v) is 3.23. The quantitative estimate of drug-likeness (QED) is 0.609. The van der Waals surface area contributed by atoms with Crippen LogP contribution in [0, 0.1) is 5.92 Å². The monoisotopic (exact) mass is 158 g/mol. The van der Waals surface area contributed by atoms with Crippen LogP contribution in [0.4, 0.5) is 0 Å². The van der Waals surface area contributed by atoms with Crippen LogP contribution in [0.15, 0.2) is 0 Å². The fourth-order valence-corrected chi connectivity index (χ4v) is 1.63. The average molecular weight is 158 g/mol. The molecule has 1 atom stereocenters. The Labute approximate surface area is 68.5 Å². The van der Waals surface area contributed by atoms with Gasteiger partial charge in [-0.3, -0.25) is 0 Å². The van der Waals surface area contributed by atoms with Crippen molar-refractivity contribution in [3.8, 4) is 0 Å². The van der Waals surface area contributed by atoms with Crippen LogP contribution in [0.5, 0.6) is 0 Å². The molecular formula is C8H18N2O. The smallest absolute Gasteiger partial charge is 0.0806 e. The summed E-state index contributed by atoms with van der Waals surface area (Å²) in [4.78, 5) is 6.95. The van der Waals surface area contributed by atoms with Gasteiger partial charge in [0.05, 0.1) is 6.61 Å².